The van der Waals surface area contributed by atoms with E-state index < -0.39 is 0 Å². The molecule has 2 N–H and O–H groups in total. The molecule has 2 aromatic rings. The first-order valence-corrected chi connectivity index (χ1v) is 5.91. The normalized spacial score (nSPS) is 17.6. The zero-order chi connectivity index (χ0) is 11.7. The highest BCUT2D eigenvalue weighted by Crippen LogP contribution is 2.33. The molecule has 86 valence electrons. The summed E-state index contributed by atoms with van der Waals surface area (Å²) in [5, 5.41) is 0. The standard InChI is InChI=1S/C15H15NO/c16-10-15-13-7-3-1-5-11(13)9-12-6-2-4-8-14(12)17-15/h1-8,15H,9-10,16H2/t15-/m1/s1. The quantitative estimate of drug-likeness (QED) is 0.809. The number of rotatable bonds is 1. The van der Waals surface area contributed by atoms with Crippen molar-refractivity contribution in [3.8, 4) is 5.75 Å². The lowest BCUT2D eigenvalue weighted by Gasteiger charge is -2.17. The molecule has 1 heterocycles. The summed E-state index contributed by atoms with van der Waals surface area (Å²) >= 11 is 0. The largest absolute Gasteiger partial charge is 0.484 e. The van der Waals surface area contributed by atoms with Crippen LogP contribution in [0, 0.1) is 0 Å². The highest BCUT2D eigenvalue weighted by molar-refractivity contribution is 5.43. The van der Waals surface area contributed by atoms with Crippen LogP contribution in [0.4, 0.5) is 0 Å². The number of nitrogens with two attached hydrogens (primary N) is 1. The summed E-state index contributed by atoms with van der Waals surface area (Å²) in [6, 6.07) is 16.6. The van der Waals surface area contributed by atoms with Crippen LogP contribution in [0.3, 0.4) is 0 Å². The van der Waals surface area contributed by atoms with E-state index in [0.29, 0.717) is 6.54 Å². The van der Waals surface area contributed by atoms with Crippen molar-refractivity contribution in [1.82, 2.24) is 0 Å². The van der Waals surface area contributed by atoms with Crippen molar-refractivity contribution in [2.24, 2.45) is 5.73 Å². The molecule has 0 aliphatic carbocycles. The van der Waals surface area contributed by atoms with E-state index in [-0.39, 0.29) is 6.10 Å². The van der Waals surface area contributed by atoms with Gasteiger partial charge in [-0.2, -0.15) is 0 Å². The van der Waals surface area contributed by atoms with Crippen LogP contribution in [0.15, 0.2) is 48.5 Å². The lowest BCUT2D eigenvalue weighted by Crippen LogP contribution is -2.18. The summed E-state index contributed by atoms with van der Waals surface area (Å²) in [5.41, 5.74) is 9.58. The van der Waals surface area contributed by atoms with Gasteiger partial charge < -0.3 is 10.5 Å². The SMILES string of the molecule is NC[C@H]1Oc2ccccc2Cc2ccccc21. The van der Waals surface area contributed by atoms with Crippen molar-refractivity contribution in [2.45, 2.75) is 12.5 Å². The maximum absolute atomic E-state index is 6.01. The molecule has 0 fully saturated rings. The van der Waals surface area contributed by atoms with Crippen LogP contribution in [0.1, 0.15) is 22.8 Å². The van der Waals surface area contributed by atoms with E-state index in [0.717, 1.165) is 12.2 Å². The Morgan fingerprint density at radius 2 is 1.71 bits per heavy atom. The van der Waals surface area contributed by atoms with Crippen molar-refractivity contribution >= 4 is 0 Å². The van der Waals surface area contributed by atoms with Gasteiger partial charge in [0.15, 0.2) is 0 Å². The first kappa shape index (κ1) is 10.4. The Hall–Kier alpha value is -1.80. The molecule has 1 aliphatic heterocycles. The monoisotopic (exact) mass is 225 g/mol. The average molecular weight is 225 g/mol. The van der Waals surface area contributed by atoms with Gasteiger partial charge in [0.05, 0.1) is 0 Å². The van der Waals surface area contributed by atoms with Crippen molar-refractivity contribution in [3.05, 3.63) is 65.2 Å². The van der Waals surface area contributed by atoms with Crippen LogP contribution in [0.5, 0.6) is 5.75 Å². The molecule has 0 spiro atoms. The number of hydrogen-bond donors (Lipinski definition) is 1. The minimum absolute atomic E-state index is 0.0325. The summed E-state index contributed by atoms with van der Waals surface area (Å²) in [6.07, 6.45) is 0.887. The number of benzene rings is 2. The molecule has 2 heteroatoms. The van der Waals surface area contributed by atoms with Gasteiger partial charge in [-0.25, -0.2) is 0 Å². The Bertz CT molecular complexity index is 536. The zero-order valence-electron chi connectivity index (χ0n) is 9.60. The summed E-state index contributed by atoms with van der Waals surface area (Å²) in [6.45, 7) is 0.505. The van der Waals surface area contributed by atoms with Gasteiger partial charge in [0.1, 0.15) is 11.9 Å². The van der Waals surface area contributed by atoms with E-state index in [2.05, 4.69) is 24.3 Å². The predicted octanol–water partition coefficient (Wildman–Crippen LogP) is 2.67. The van der Waals surface area contributed by atoms with Crippen molar-refractivity contribution in [3.63, 3.8) is 0 Å². The molecule has 2 aromatic carbocycles. The fourth-order valence-corrected chi connectivity index (χ4v) is 2.37. The van der Waals surface area contributed by atoms with Gasteiger partial charge in [-0.3, -0.25) is 0 Å². The average Bonchev–Trinajstić information content (AvgIpc) is 2.54. The molecule has 1 aliphatic rings. The van der Waals surface area contributed by atoms with E-state index in [1.54, 1.807) is 0 Å². The van der Waals surface area contributed by atoms with Crippen LogP contribution in [-0.2, 0) is 6.42 Å². The van der Waals surface area contributed by atoms with Crippen molar-refractivity contribution in [1.29, 1.82) is 0 Å². The maximum Gasteiger partial charge on any atom is 0.136 e. The second-order valence-electron chi connectivity index (χ2n) is 4.33. The lowest BCUT2D eigenvalue weighted by atomic mass is 9.98. The molecule has 0 saturated carbocycles. The third kappa shape index (κ3) is 1.81. The molecule has 1 atom stereocenters. The summed E-state index contributed by atoms with van der Waals surface area (Å²) in [7, 11) is 0. The molecule has 0 unspecified atom stereocenters. The Labute approximate surface area is 101 Å². The van der Waals surface area contributed by atoms with Crippen LogP contribution in [0.25, 0.3) is 0 Å². The molecular weight excluding hydrogens is 210 g/mol. The molecule has 0 bridgehead atoms. The minimum atomic E-state index is -0.0325. The van der Waals surface area contributed by atoms with Gasteiger partial charge >= 0.3 is 0 Å². The second kappa shape index (κ2) is 4.22. The van der Waals surface area contributed by atoms with Gasteiger partial charge in [0.25, 0.3) is 0 Å². The van der Waals surface area contributed by atoms with E-state index in [4.69, 9.17) is 10.5 Å². The molecule has 0 radical (unpaired) electrons. The molecular formula is C15H15NO. The second-order valence-corrected chi connectivity index (χ2v) is 4.33. The third-order valence-corrected chi connectivity index (χ3v) is 3.24. The van der Waals surface area contributed by atoms with Gasteiger partial charge in [-0.15, -0.1) is 0 Å². The van der Waals surface area contributed by atoms with E-state index in [1.165, 1.54) is 16.7 Å². The Morgan fingerprint density at radius 3 is 2.53 bits per heavy atom. The van der Waals surface area contributed by atoms with Gasteiger partial charge in [0, 0.05) is 13.0 Å². The summed E-state index contributed by atoms with van der Waals surface area (Å²) < 4.78 is 6.01. The van der Waals surface area contributed by atoms with Crippen LogP contribution in [-0.4, -0.2) is 6.54 Å². The first-order valence-electron chi connectivity index (χ1n) is 5.91. The van der Waals surface area contributed by atoms with Crippen LogP contribution in [0.2, 0.25) is 0 Å². The van der Waals surface area contributed by atoms with E-state index in [1.807, 2.05) is 24.3 Å². The Kier molecular flexibility index (Phi) is 2.57. The van der Waals surface area contributed by atoms with Gasteiger partial charge in [0.2, 0.25) is 0 Å². The predicted molar refractivity (Wildman–Crippen MR) is 68.1 cm³/mol. The topological polar surface area (TPSA) is 35.2 Å². The fraction of sp³-hybridized carbons (Fsp3) is 0.200. The highest BCUT2D eigenvalue weighted by Gasteiger charge is 2.21. The number of ether oxygens (including phenoxy) is 1. The van der Waals surface area contributed by atoms with Gasteiger partial charge in [-0.05, 0) is 22.8 Å². The molecule has 2 nitrogen and oxygen atoms in total. The molecule has 0 aromatic heterocycles. The Morgan fingerprint density at radius 1 is 1.00 bits per heavy atom. The van der Waals surface area contributed by atoms with E-state index in [9.17, 15) is 0 Å². The zero-order valence-corrected chi connectivity index (χ0v) is 9.60. The lowest BCUT2D eigenvalue weighted by molar-refractivity contribution is 0.215. The summed E-state index contributed by atoms with van der Waals surface area (Å²) in [5.74, 6) is 0.958. The first-order chi connectivity index (χ1) is 8.38. The van der Waals surface area contributed by atoms with Crippen LogP contribution < -0.4 is 10.5 Å². The summed E-state index contributed by atoms with van der Waals surface area (Å²) in [4.78, 5) is 0. The molecule has 0 saturated heterocycles. The van der Waals surface area contributed by atoms with Crippen LogP contribution >= 0.6 is 0 Å². The number of fused-ring (bicyclic) bond motifs is 2. The van der Waals surface area contributed by atoms with Gasteiger partial charge in [-0.1, -0.05) is 42.5 Å². The smallest absolute Gasteiger partial charge is 0.136 e. The maximum atomic E-state index is 6.01. The van der Waals surface area contributed by atoms with E-state index >= 15 is 0 Å². The van der Waals surface area contributed by atoms with Crippen molar-refractivity contribution < 1.29 is 4.74 Å². The Balaban J connectivity index is 2.13. The number of hydrogen-bond acceptors (Lipinski definition) is 2. The van der Waals surface area contributed by atoms with Crippen molar-refractivity contribution in [2.75, 3.05) is 6.54 Å². The minimum Gasteiger partial charge on any atom is -0.484 e. The molecule has 0 amide bonds. The molecule has 3 rings (SSSR count). The number of para-hydroxylation sites is 1. The highest BCUT2D eigenvalue weighted by atomic mass is 16.5. The third-order valence-electron chi connectivity index (χ3n) is 3.24. The fourth-order valence-electron chi connectivity index (χ4n) is 2.37. The molecule has 17 heavy (non-hydrogen) atoms.